The number of hydrogen-bond donors (Lipinski definition) is 1. The van der Waals surface area contributed by atoms with Gasteiger partial charge in [-0.25, -0.2) is 4.79 Å². The molecule has 1 N–H and O–H groups in total. The maximum absolute atomic E-state index is 12.9. The van der Waals surface area contributed by atoms with E-state index in [4.69, 9.17) is 0 Å². The standard InChI is InChI=1S/C23H30N4O3/c28-21-14-26(23(30)24-21)15-22(29)25-11-17-9-18(13-25)20-8-4-7-19(27(20)12-17)10-16-5-2-1-3-6-16/h1-3,5-6,17-20H,4,7-15H2,(H,24,28,30)/t17-,18+,19+,20-/m0/s1. The highest BCUT2D eigenvalue weighted by molar-refractivity contribution is 6.03. The molecule has 30 heavy (non-hydrogen) atoms. The Morgan fingerprint density at radius 2 is 1.90 bits per heavy atom. The van der Waals surface area contributed by atoms with Crippen LogP contribution in [0.2, 0.25) is 0 Å². The molecule has 0 radical (unpaired) electrons. The van der Waals surface area contributed by atoms with E-state index in [1.165, 1.54) is 36.1 Å². The zero-order valence-electron chi connectivity index (χ0n) is 17.3. The van der Waals surface area contributed by atoms with Gasteiger partial charge in [-0.15, -0.1) is 0 Å². The van der Waals surface area contributed by atoms with E-state index in [1.54, 1.807) is 0 Å². The molecule has 7 heteroatoms. The molecule has 4 aliphatic heterocycles. The number of nitrogens with one attached hydrogen (secondary N) is 1. The quantitative estimate of drug-likeness (QED) is 0.764. The average molecular weight is 411 g/mol. The number of amides is 4. The fraction of sp³-hybridized carbons (Fsp3) is 0.609. The van der Waals surface area contributed by atoms with Crippen molar-refractivity contribution in [2.45, 2.75) is 44.2 Å². The summed E-state index contributed by atoms with van der Waals surface area (Å²) in [5, 5.41) is 2.25. The van der Waals surface area contributed by atoms with Crippen LogP contribution in [0.25, 0.3) is 0 Å². The SMILES string of the molecule is O=C1CN(CC(=O)N2C[C@@H]3C[C@H](C2)[C@@H]2CCC[C@H](Cc4ccccc4)N2C3)C(=O)N1. The Bertz CT molecular complexity index is 829. The third kappa shape index (κ3) is 3.83. The first-order chi connectivity index (χ1) is 14.6. The molecular formula is C23H30N4O3. The van der Waals surface area contributed by atoms with Gasteiger partial charge in [-0.3, -0.25) is 19.8 Å². The van der Waals surface area contributed by atoms with Gasteiger partial charge in [0.1, 0.15) is 13.1 Å². The van der Waals surface area contributed by atoms with Gasteiger partial charge < -0.3 is 9.80 Å². The minimum atomic E-state index is -0.451. The number of hydrogen-bond acceptors (Lipinski definition) is 4. The van der Waals surface area contributed by atoms with Gasteiger partial charge in [-0.2, -0.15) is 0 Å². The van der Waals surface area contributed by atoms with Crippen LogP contribution >= 0.6 is 0 Å². The second-order valence-corrected chi connectivity index (χ2v) is 9.41. The van der Waals surface area contributed by atoms with Crippen LogP contribution in [0.4, 0.5) is 4.79 Å². The maximum atomic E-state index is 12.9. The second kappa shape index (κ2) is 8.02. The van der Waals surface area contributed by atoms with Gasteiger partial charge >= 0.3 is 6.03 Å². The molecule has 4 fully saturated rings. The lowest BCUT2D eigenvalue weighted by molar-refractivity contribution is -0.139. The molecular weight excluding hydrogens is 380 g/mol. The lowest BCUT2D eigenvalue weighted by atomic mass is 9.74. The van der Waals surface area contributed by atoms with E-state index in [0.29, 0.717) is 23.9 Å². The summed E-state index contributed by atoms with van der Waals surface area (Å²) in [4.78, 5) is 42.1. The van der Waals surface area contributed by atoms with Crippen molar-refractivity contribution in [3.63, 3.8) is 0 Å². The molecule has 2 bridgehead atoms. The molecule has 1 aromatic carbocycles. The molecule has 4 aliphatic rings. The van der Waals surface area contributed by atoms with E-state index >= 15 is 0 Å². The Hall–Kier alpha value is -2.41. The number of benzene rings is 1. The molecule has 160 valence electrons. The summed E-state index contributed by atoms with van der Waals surface area (Å²) < 4.78 is 0. The van der Waals surface area contributed by atoms with Crippen LogP contribution in [0.3, 0.4) is 0 Å². The van der Waals surface area contributed by atoms with E-state index < -0.39 is 6.03 Å². The number of likely N-dealkylation sites (tertiary alicyclic amines) is 1. The second-order valence-electron chi connectivity index (χ2n) is 9.41. The van der Waals surface area contributed by atoms with Gasteiger partial charge in [0.05, 0.1) is 0 Å². The molecule has 4 amide bonds. The summed E-state index contributed by atoms with van der Waals surface area (Å²) in [5.41, 5.74) is 1.41. The van der Waals surface area contributed by atoms with Gasteiger partial charge in [0, 0.05) is 31.7 Å². The monoisotopic (exact) mass is 410 g/mol. The van der Waals surface area contributed by atoms with E-state index in [1.807, 2.05) is 4.90 Å². The summed E-state index contributed by atoms with van der Waals surface area (Å²) in [5.74, 6) is 0.647. The predicted octanol–water partition coefficient (Wildman–Crippen LogP) is 1.48. The normalized spacial score (nSPS) is 31.5. The van der Waals surface area contributed by atoms with Gasteiger partial charge in [0.15, 0.2) is 0 Å². The van der Waals surface area contributed by atoms with Crippen molar-refractivity contribution in [2.24, 2.45) is 11.8 Å². The lowest BCUT2D eigenvalue weighted by Crippen LogP contribution is -2.63. The highest BCUT2D eigenvalue weighted by atomic mass is 16.2. The number of rotatable bonds is 4. The summed E-state index contributed by atoms with van der Waals surface area (Å²) in [6.45, 7) is 2.59. The van der Waals surface area contributed by atoms with E-state index in [0.717, 1.165) is 26.1 Å². The Morgan fingerprint density at radius 3 is 2.67 bits per heavy atom. The fourth-order valence-corrected chi connectivity index (χ4v) is 6.09. The number of carbonyl (C=O) groups is 3. The minimum absolute atomic E-state index is 0.00201. The highest BCUT2D eigenvalue weighted by Gasteiger charge is 2.45. The molecule has 0 unspecified atom stereocenters. The van der Waals surface area contributed by atoms with Gasteiger partial charge in [-0.1, -0.05) is 36.8 Å². The van der Waals surface area contributed by atoms with Crippen LogP contribution in [0.15, 0.2) is 30.3 Å². The molecule has 5 rings (SSSR count). The van der Waals surface area contributed by atoms with Crippen LogP contribution in [0.1, 0.15) is 31.2 Å². The summed E-state index contributed by atoms with van der Waals surface area (Å²) in [6, 6.07) is 11.5. The van der Waals surface area contributed by atoms with Crippen molar-refractivity contribution in [2.75, 3.05) is 32.7 Å². The zero-order valence-corrected chi connectivity index (χ0v) is 17.3. The molecule has 1 aromatic rings. The number of piperidine rings is 3. The smallest absolute Gasteiger partial charge is 0.325 e. The van der Waals surface area contributed by atoms with Gasteiger partial charge in [0.25, 0.3) is 0 Å². The first kappa shape index (κ1) is 19.5. The van der Waals surface area contributed by atoms with Gasteiger partial charge in [-0.05, 0) is 43.1 Å². The van der Waals surface area contributed by atoms with E-state index in [9.17, 15) is 14.4 Å². The van der Waals surface area contributed by atoms with Crippen LogP contribution in [-0.2, 0) is 16.0 Å². The van der Waals surface area contributed by atoms with Crippen LogP contribution < -0.4 is 5.32 Å². The number of imide groups is 1. The van der Waals surface area contributed by atoms with E-state index in [-0.39, 0.29) is 24.9 Å². The van der Waals surface area contributed by atoms with Crippen LogP contribution in [0, 0.1) is 11.8 Å². The number of nitrogens with zero attached hydrogens (tertiary/aromatic N) is 3. The third-order valence-electron chi connectivity index (χ3n) is 7.38. The van der Waals surface area contributed by atoms with Crippen molar-refractivity contribution >= 4 is 17.8 Å². The number of fused-ring (bicyclic) bond motifs is 4. The molecule has 0 aliphatic carbocycles. The van der Waals surface area contributed by atoms with Crippen molar-refractivity contribution in [1.29, 1.82) is 0 Å². The van der Waals surface area contributed by atoms with Gasteiger partial charge in [0.2, 0.25) is 11.8 Å². The van der Waals surface area contributed by atoms with E-state index in [2.05, 4.69) is 40.5 Å². The largest absolute Gasteiger partial charge is 0.340 e. The Morgan fingerprint density at radius 1 is 1.07 bits per heavy atom. The topological polar surface area (TPSA) is 73.0 Å². The van der Waals surface area contributed by atoms with Crippen molar-refractivity contribution < 1.29 is 14.4 Å². The third-order valence-corrected chi connectivity index (χ3v) is 7.38. The molecule has 4 atom stereocenters. The van der Waals surface area contributed by atoms with Crippen LogP contribution in [-0.4, -0.2) is 77.4 Å². The average Bonchev–Trinajstić information content (AvgIpc) is 3.06. The van der Waals surface area contributed by atoms with Crippen molar-refractivity contribution in [3.05, 3.63) is 35.9 Å². The fourth-order valence-electron chi connectivity index (χ4n) is 6.09. The first-order valence-electron chi connectivity index (χ1n) is 11.2. The maximum Gasteiger partial charge on any atom is 0.325 e. The Balaban J connectivity index is 1.24. The lowest BCUT2D eigenvalue weighted by Gasteiger charge is -2.55. The van der Waals surface area contributed by atoms with Crippen LogP contribution in [0.5, 0.6) is 0 Å². The molecule has 4 saturated heterocycles. The molecule has 0 spiro atoms. The summed E-state index contributed by atoms with van der Waals surface area (Å²) in [7, 11) is 0. The number of urea groups is 1. The molecule has 0 aromatic heterocycles. The molecule has 0 saturated carbocycles. The summed E-state index contributed by atoms with van der Waals surface area (Å²) >= 11 is 0. The first-order valence-corrected chi connectivity index (χ1v) is 11.2. The van der Waals surface area contributed by atoms with Crippen molar-refractivity contribution in [1.82, 2.24) is 20.0 Å². The Labute approximate surface area is 177 Å². The number of carbonyl (C=O) groups excluding carboxylic acids is 3. The zero-order chi connectivity index (χ0) is 20.7. The predicted molar refractivity (Wildman–Crippen MR) is 112 cm³/mol. The highest BCUT2D eigenvalue weighted by Crippen LogP contribution is 2.40. The Kier molecular flexibility index (Phi) is 5.23. The minimum Gasteiger partial charge on any atom is -0.340 e. The van der Waals surface area contributed by atoms with Crippen molar-refractivity contribution in [3.8, 4) is 0 Å². The summed E-state index contributed by atoms with van der Waals surface area (Å²) in [6.07, 6.45) is 6.03. The molecule has 7 nitrogen and oxygen atoms in total. The molecule has 4 heterocycles.